The monoisotopic (exact) mass is 321 g/mol. The number of hydrogen-bond acceptors (Lipinski definition) is 2. The second-order valence-electron chi connectivity index (χ2n) is 1.14. The van der Waals surface area contributed by atoms with Crippen molar-refractivity contribution < 1.29 is 4.92 Å². The molecule has 52 valence electrons. The molecule has 9 heavy (non-hydrogen) atoms. The molecule has 0 aliphatic carbocycles. The summed E-state index contributed by atoms with van der Waals surface area (Å²) in [6, 6.07) is 0. The number of alkyl halides is 3. The Balaban J connectivity index is 3.86. The van der Waals surface area contributed by atoms with Crippen molar-refractivity contribution >= 4 is 47.8 Å². The molecule has 0 radical (unpaired) electrons. The van der Waals surface area contributed by atoms with Gasteiger partial charge in [-0.15, -0.1) is 0 Å². The second-order valence-corrected chi connectivity index (χ2v) is 8.09. The van der Waals surface area contributed by atoms with Crippen LogP contribution in [0.5, 0.6) is 0 Å². The Morgan fingerprint density at radius 3 is 2.00 bits per heavy atom. The maximum absolute atomic E-state index is 9.70. The smallest absolute Gasteiger partial charge is 0.233 e. The number of hydrogen-bond donors (Lipinski definition) is 0. The van der Waals surface area contributed by atoms with Crippen LogP contribution >= 0.6 is 47.8 Å². The molecule has 0 heterocycles. The minimum absolute atomic E-state index is 0.543. The molecule has 6 heteroatoms. The molecule has 0 aromatic heterocycles. The Kier molecular flexibility index (Phi) is 3.91. The first-order valence-electron chi connectivity index (χ1n) is 1.81. The van der Waals surface area contributed by atoms with E-state index in [-0.39, 0.29) is 0 Å². The van der Waals surface area contributed by atoms with Crippen molar-refractivity contribution in [2.75, 3.05) is 0 Å². The van der Waals surface area contributed by atoms with Crippen molar-refractivity contribution in [1.29, 1.82) is 0 Å². The molecule has 0 spiro atoms. The van der Waals surface area contributed by atoms with Gasteiger partial charge >= 0.3 is 0 Å². The van der Waals surface area contributed by atoms with Crippen LogP contribution in [0.15, 0.2) is 12.3 Å². The first-order chi connectivity index (χ1) is 3.92. The van der Waals surface area contributed by atoms with Crippen LogP contribution in [0.25, 0.3) is 0 Å². The minimum Gasteiger partial charge on any atom is -0.259 e. The zero-order chi connectivity index (χ0) is 7.49. The fraction of sp³-hybridized carbons (Fsp3) is 0.333. The molecular formula is C3H2Br3NO2. The number of halogens is 3. The SMILES string of the molecule is O=[N+]([O-])/C=C/C(Br)(Br)Br. The second kappa shape index (κ2) is 3.68. The van der Waals surface area contributed by atoms with E-state index >= 15 is 0 Å². The van der Waals surface area contributed by atoms with E-state index in [0.29, 0.717) is 0 Å². The highest BCUT2D eigenvalue weighted by molar-refractivity contribution is 9.39. The summed E-state index contributed by atoms with van der Waals surface area (Å²) in [6.07, 6.45) is 2.14. The zero-order valence-corrected chi connectivity index (χ0v) is 8.81. The third kappa shape index (κ3) is 8.58. The van der Waals surface area contributed by atoms with Crippen LogP contribution in [0.3, 0.4) is 0 Å². The van der Waals surface area contributed by atoms with Crippen LogP contribution in [-0.2, 0) is 0 Å². The Hall–Kier alpha value is 0.580. The van der Waals surface area contributed by atoms with Gasteiger partial charge in [0.15, 0.2) is 2.14 Å². The van der Waals surface area contributed by atoms with E-state index < -0.39 is 7.07 Å². The number of rotatable bonds is 1. The summed E-state index contributed by atoms with van der Waals surface area (Å²) in [4.78, 5) is 9.16. The highest BCUT2D eigenvalue weighted by atomic mass is 80.0. The van der Waals surface area contributed by atoms with Crippen molar-refractivity contribution in [2.45, 2.75) is 2.14 Å². The van der Waals surface area contributed by atoms with Gasteiger partial charge in [0.1, 0.15) is 0 Å². The van der Waals surface area contributed by atoms with E-state index in [2.05, 4.69) is 47.8 Å². The lowest BCUT2D eigenvalue weighted by Crippen LogP contribution is -1.94. The number of nitro groups is 1. The summed E-state index contributed by atoms with van der Waals surface area (Å²) < 4.78 is -0.653. The van der Waals surface area contributed by atoms with E-state index in [1.54, 1.807) is 0 Å². The Labute approximate surface area is 77.0 Å². The van der Waals surface area contributed by atoms with Gasteiger partial charge in [0.2, 0.25) is 6.20 Å². The lowest BCUT2D eigenvalue weighted by molar-refractivity contribution is -0.402. The van der Waals surface area contributed by atoms with Gasteiger partial charge in [-0.25, -0.2) is 0 Å². The van der Waals surface area contributed by atoms with Crippen molar-refractivity contribution in [2.24, 2.45) is 0 Å². The topological polar surface area (TPSA) is 43.1 Å². The van der Waals surface area contributed by atoms with Gasteiger partial charge in [-0.1, -0.05) is 47.8 Å². The molecule has 0 amide bonds. The largest absolute Gasteiger partial charge is 0.259 e. The Morgan fingerprint density at radius 2 is 1.89 bits per heavy atom. The van der Waals surface area contributed by atoms with Gasteiger partial charge in [0.05, 0.1) is 4.92 Å². The molecule has 3 nitrogen and oxygen atoms in total. The van der Waals surface area contributed by atoms with Gasteiger partial charge in [-0.2, -0.15) is 0 Å². The van der Waals surface area contributed by atoms with Crippen LogP contribution < -0.4 is 0 Å². The molecule has 0 aromatic carbocycles. The summed E-state index contributed by atoms with van der Waals surface area (Å²) in [5, 5.41) is 9.70. The average molecular weight is 324 g/mol. The highest BCUT2D eigenvalue weighted by Gasteiger charge is 2.13. The summed E-state index contributed by atoms with van der Waals surface area (Å²) in [5.74, 6) is 0. The van der Waals surface area contributed by atoms with E-state index in [0.717, 1.165) is 6.20 Å². The summed E-state index contributed by atoms with van der Waals surface area (Å²) in [7, 11) is 0. The molecule has 0 aliphatic rings. The predicted molar refractivity (Wildman–Crippen MR) is 45.6 cm³/mol. The maximum atomic E-state index is 9.70. The molecular weight excluding hydrogens is 322 g/mol. The lowest BCUT2D eigenvalue weighted by atomic mass is 10.7. The molecule has 0 rings (SSSR count). The third-order valence-corrected chi connectivity index (χ3v) is 1.18. The van der Waals surface area contributed by atoms with Gasteiger partial charge in [0.25, 0.3) is 0 Å². The molecule has 0 saturated carbocycles. The van der Waals surface area contributed by atoms with Gasteiger partial charge in [0, 0.05) is 6.08 Å². The number of nitrogens with zero attached hydrogens (tertiary/aromatic N) is 1. The molecule has 0 N–H and O–H groups in total. The van der Waals surface area contributed by atoms with Crippen LogP contribution in [0, 0.1) is 10.1 Å². The van der Waals surface area contributed by atoms with Crippen molar-refractivity contribution in [3.05, 3.63) is 22.4 Å². The van der Waals surface area contributed by atoms with Crippen LogP contribution in [0.4, 0.5) is 0 Å². The van der Waals surface area contributed by atoms with Gasteiger partial charge in [-0.3, -0.25) is 10.1 Å². The first-order valence-corrected chi connectivity index (χ1v) is 4.19. The van der Waals surface area contributed by atoms with Crippen LogP contribution in [0.2, 0.25) is 0 Å². The number of allylic oxidation sites excluding steroid dienone is 1. The van der Waals surface area contributed by atoms with Crippen molar-refractivity contribution in [3.8, 4) is 0 Å². The maximum Gasteiger partial charge on any atom is 0.233 e. The average Bonchev–Trinajstić information content (AvgIpc) is 1.59. The minimum atomic E-state index is -0.653. The first kappa shape index (κ1) is 9.58. The Bertz CT molecular complexity index is 138. The fourth-order valence-electron chi connectivity index (χ4n) is 0.145. The highest BCUT2D eigenvalue weighted by Crippen LogP contribution is 2.34. The fourth-order valence-corrected chi connectivity index (χ4v) is 0.500. The lowest BCUT2D eigenvalue weighted by Gasteiger charge is -1.99. The van der Waals surface area contributed by atoms with Crippen molar-refractivity contribution in [3.63, 3.8) is 0 Å². The van der Waals surface area contributed by atoms with Gasteiger partial charge < -0.3 is 0 Å². The van der Waals surface area contributed by atoms with E-state index in [4.69, 9.17) is 0 Å². The predicted octanol–water partition coefficient (Wildman–Crippen LogP) is 2.62. The standard InChI is InChI=1S/C3H2Br3NO2/c4-3(5,6)1-2-7(8)9/h1-2H/b2-1+. The normalized spacial score (nSPS) is 12.3. The molecule has 0 saturated heterocycles. The molecule has 0 bridgehead atoms. The Morgan fingerprint density at radius 1 is 1.44 bits per heavy atom. The quantitative estimate of drug-likeness (QED) is 0.423. The molecule has 0 fully saturated rings. The van der Waals surface area contributed by atoms with E-state index in [1.165, 1.54) is 6.08 Å². The molecule has 0 unspecified atom stereocenters. The van der Waals surface area contributed by atoms with Crippen LogP contribution in [0.1, 0.15) is 0 Å². The molecule has 0 atom stereocenters. The molecule has 0 aliphatic heterocycles. The third-order valence-electron chi connectivity index (χ3n) is 0.385. The summed E-state index contributed by atoms with van der Waals surface area (Å²) in [5.41, 5.74) is 0. The van der Waals surface area contributed by atoms with E-state index in [9.17, 15) is 10.1 Å². The van der Waals surface area contributed by atoms with Crippen molar-refractivity contribution in [1.82, 2.24) is 0 Å². The van der Waals surface area contributed by atoms with Gasteiger partial charge in [-0.05, 0) is 0 Å². The zero-order valence-electron chi connectivity index (χ0n) is 4.05. The molecule has 0 aromatic rings. The summed E-state index contributed by atoms with van der Waals surface area (Å²) in [6.45, 7) is 0. The summed E-state index contributed by atoms with van der Waals surface area (Å²) >= 11 is 9.15. The van der Waals surface area contributed by atoms with Crippen LogP contribution in [-0.4, -0.2) is 7.07 Å². The van der Waals surface area contributed by atoms with E-state index in [1.807, 2.05) is 0 Å².